The number of hydrogen-bond acceptors (Lipinski definition) is 9. The van der Waals surface area contributed by atoms with Crippen LogP contribution in [0.3, 0.4) is 0 Å². The largest absolute Gasteiger partial charge is 0.392 e. The zero-order valence-corrected chi connectivity index (χ0v) is 23.8. The highest BCUT2D eigenvalue weighted by atomic mass is 16.7. The molecule has 0 aliphatic carbocycles. The topological polar surface area (TPSA) is 135 Å². The molecule has 1 amide bonds. The van der Waals surface area contributed by atoms with E-state index in [-0.39, 0.29) is 60.0 Å². The van der Waals surface area contributed by atoms with Crippen LogP contribution in [0.1, 0.15) is 79.1 Å². The molecular weight excluding hydrogens is 552 g/mol. The van der Waals surface area contributed by atoms with Crippen LogP contribution >= 0.6 is 0 Å². The Morgan fingerprint density at radius 2 is 1.63 bits per heavy atom. The van der Waals surface area contributed by atoms with Crippen molar-refractivity contribution >= 4 is 17.8 Å². The fourth-order valence-corrected chi connectivity index (χ4v) is 5.86. The predicted molar refractivity (Wildman–Crippen MR) is 154 cm³/mol. The lowest BCUT2D eigenvalue weighted by Crippen LogP contribution is -2.44. The van der Waals surface area contributed by atoms with E-state index in [0.717, 1.165) is 35.2 Å². The smallest absolute Gasteiger partial charge is 0.346 e. The van der Waals surface area contributed by atoms with Gasteiger partial charge in [-0.2, -0.15) is 0 Å². The third kappa shape index (κ3) is 6.24. The van der Waals surface area contributed by atoms with Gasteiger partial charge in [0.2, 0.25) is 0 Å². The molecule has 5 atom stereocenters. The number of likely N-dealkylation sites (tertiary alicyclic amines) is 1. The molecule has 1 unspecified atom stereocenters. The average Bonchev–Trinajstić information content (AvgIpc) is 3.57. The quantitative estimate of drug-likeness (QED) is 0.269. The third-order valence-electron chi connectivity index (χ3n) is 8.42. The maximum absolute atomic E-state index is 12.7. The van der Waals surface area contributed by atoms with Gasteiger partial charge >= 0.3 is 11.9 Å². The summed E-state index contributed by atoms with van der Waals surface area (Å²) < 4.78 is 17.6. The number of fused-ring (bicyclic) bond motifs is 1. The summed E-state index contributed by atoms with van der Waals surface area (Å²) >= 11 is 0. The number of aliphatic hydroxyl groups excluding tert-OH is 2. The van der Waals surface area contributed by atoms with E-state index in [1.54, 1.807) is 0 Å². The minimum atomic E-state index is -0.753. The van der Waals surface area contributed by atoms with Gasteiger partial charge in [0.1, 0.15) is 0 Å². The number of nitrogens with one attached hydrogen (secondary N) is 1. The number of cyclic esters (lactones) is 2. The van der Waals surface area contributed by atoms with Gasteiger partial charge in [0.25, 0.3) is 5.91 Å². The van der Waals surface area contributed by atoms with Crippen molar-refractivity contribution in [1.29, 1.82) is 0 Å². The second kappa shape index (κ2) is 12.4. The molecule has 3 heterocycles. The summed E-state index contributed by atoms with van der Waals surface area (Å²) in [7, 11) is 0. The maximum Gasteiger partial charge on any atom is 0.346 e. The number of hydrogen-bond donors (Lipinski definition) is 3. The number of carbonyl (C=O) groups excluding carboxylic acids is 3. The van der Waals surface area contributed by atoms with E-state index in [2.05, 4.69) is 21.9 Å². The summed E-state index contributed by atoms with van der Waals surface area (Å²) in [6.45, 7) is 4.48. The fourth-order valence-electron chi connectivity index (χ4n) is 5.86. The SMILES string of the molecule is C[C@H]1[C@@H](CN2CC[C@@H](O)C2)OC(c2ccc(CNC(=O)c3ccc4c(c3)C(=O)OC4=O)cc2)O[C@H]1c1ccc(CO)cc1. The highest BCUT2D eigenvalue weighted by molar-refractivity contribution is 6.15. The van der Waals surface area contributed by atoms with Gasteiger partial charge < -0.3 is 29.7 Å². The number of nitrogens with zero attached hydrogens (tertiary/aromatic N) is 1. The Morgan fingerprint density at radius 3 is 2.33 bits per heavy atom. The van der Waals surface area contributed by atoms with Crippen molar-refractivity contribution in [2.24, 2.45) is 5.92 Å². The minimum absolute atomic E-state index is 0.0250. The number of esters is 2. The zero-order chi connectivity index (χ0) is 30.1. The summed E-state index contributed by atoms with van der Waals surface area (Å²) in [5.74, 6) is -1.80. The lowest BCUT2D eigenvalue weighted by atomic mass is 9.90. The number of benzene rings is 3. The number of β-amino-alcohol motifs (C(OH)–C–C–N with tert-alkyl or cyclic N) is 1. The Kier molecular flexibility index (Phi) is 8.38. The van der Waals surface area contributed by atoms with Crippen molar-refractivity contribution in [3.05, 3.63) is 106 Å². The maximum atomic E-state index is 12.7. The van der Waals surface area contributed by atoms with Crippen LogP contribution in [0.25, 0.3) is 0 Å². The molecule has 10 nitrogen and oxygen atoms in total. The Balaban J connectivity index is 1.14. The summed E-state index contributed by atoms with van der Waals surface area (Å²) in [5, 5.41) is 22.4. The van der Waals surface area contributed by atoms with Crippen LogP contribution in [0.2, 0.25) is 0 Å². The molecule has 224 valence electrons. The number of amides is 1. The van der Waals surface area contributed by atoms with Gasteiger partial charge in [0, 0.05) is 43.2 Å². The van der Waals surface area contributed by atoms with Crippen LogP contribution in [-0.4, -0.2) is 64.8 Å². The van der Waals surface area contributed by atoms with Crippen molar-refractivity contribution in [1.82, 2.24) is 10.2 Å². The Morgan fingerprint density at radius 1 is 0.930 bits per heavy atom. The van der Waals surface area contributed by atoms with Crippen LogP contribution in [0.15, 0.2) is 66.7 Å². The molecule has 0 spiro atoms. The Bertz CT molecular complexity index is 1510. The van der Waals surface area contributed by atoms with E-state index in [4.69, 9.17) is 9.47 Å². The van der Waals surface area contributed by atoms with Crippen molar-refractivity contribution in [3.8, 4) is 0 Å². The van der Waals surface area contributed by atoms with Crippen LogP contribution in [0, 0.1) is 5.92 Å². The molecular formula is C33H34N2O8. The van der Waals surface area contributed by atoms with Gasteiger partial charge in [-0.15, -0.1) is 0 Å². The highest BCUT2D eigenvalue weighted by Crippen LogP contribution is 2.42. The van der Waals surface area contributed by atoms with E-state index < -0.39 is 18.2 Å². The fraction of sp³-hybridized carbons (Fsp3) is 0.364. The lowest BCUT2D eigenvalue weighted by molar-refractivity contribution is -0.276. The van der Waals surface area contributed by atoms with E-state index >= 15 is 0 Å². The van der Waals surface area contributed by atoms with Gasteiger partial charge in [-0.1, -0.05) is 55.5 Å². The molecule has 6 rings (SSSR count). The minimum Gasteiger partial charge on any atom is -0.392 e. The lowest BCUT2D eigenvalue weighted by Gasteiger charge is -2.42. The molecule has 3 aliphatic rings. The van der Waals surface area contributed by atoms with Crippen molar-refractivity contribution in [2.75, 3.05) is 19.6 Å². The van der Waals surface area contributed by atoms with Gasteiger partial charge in [0.15, 0.2) is 6.29 Å². The predicted octanol–water partition coefficient (Wildman–Crippen LogP) is 3.28. The molecule has 0 aromatic heterocycles. The van der Waals surface area contributed by atoms with Gasteiger partial charge in [-0.05, 0) is 41.3 Å². The third-order valence-corrected chi connectivity index (χ3v) is 8.42. The van der Waals surface area contributed by atoms with E-state index in [1.165, 1.54) is 18.2 Å². The van der Waals surface area contributed by atoms with Gasteiger partial charge in [0.05, 0.1) is 36.0 Å². The molecule has 3 aromatic rings. The van der Waals surface area contributed by atoms with Crippen LogP contribution in [0.5, 0.6) is 0 Å². The van der Waals surface area contributed by atoms with Crippen LogP contribution < -0.4 is 5.32 Å². The molecule has 3 aromatic carbocycles. The van der Waals surface area contributed by atoms with Gasteiger partial charge in [-0.25, -0.2) is 9.59 Å². The monoisotopic (exact) mass is 586 g/mol. The number of carbonyl (C=O) groups is 3. The highest BCUT2D eigenvalue weighted by Gasteiger charge is 2.40. The summed E-state index contributed by atoms with van der Waals surface area (Å²) in [6, 6.07) is 19.7. The first kappa shape index (κ1) is 29.2. The van der Waals surface area contributed by atoms with Crippen molar-refractivity contribution in [2.45, 2.75) is 51.1 Å². The first-order chi connectivity index (χ1) is 20.8. The molecule has 43 heavy (non-hydrogen) atoms. The van der Waals surface area contributed by atoms with Crippen LogP contribution in [0.4, 0.5) is 0 Å². The second-order valence-electron chi connectivity index (χ2n) is 11.4. The summed E-state index contributed by atoms with van der Waals surface area (Å²) in [6.07, 6.45) is -0.546. The molecule has 0 radical (unpaired) electrons. The molecule has 0 saturated carbocycles. The zero-order valence-electron chi connectivity index (χ0n) is 23.8. The van der Waals surface area contributed by atoms with E-state index in [0.29, 0.717) is 13.1 Å². The standard InChI is InChI=1S/C33H34N2O8/c1-19-28(17-35-13-12-25(37)16-35)41-33(42-29(19)22-6-4-21(18-36)5-7-22)23-8-2-20(3-9-23)15-34-30(38)24-10-11-26-27(14-24)32(40)43-31(26)39/h2-11,14,19,25,28-29,33,36-37H,12-13,15-18H2,1H3,(H,34,38)/t19-,25+,28+,29+,33?/m0/s1. The van der Waals surface area contributed by atoms with Crippen molar-refractivity contribution in [3.63, 3.8) is 0 Å². The summed E-state index contributed by atoms with van der Waals surface area (Å²) in [5.41, 5.74) is 4.04. The molecule has 3 aliphatic heterocycles. The molecule has 0 bridgehead atoms. The molecule has 2 saturated heterocycles. The Labute approximate surface area is 249 Å². The van der Waals surface area contributed by atoms with Crippen molar-refractivity contribution < 1.29 is 38.8 Å². The summed E-state index contributed by atoms with van der Waals surface area (Å²) in [4.78, 5) is 38.5. The molecule has 10 heteroatoms. The van der Waals surface area contributed by atoms with E-state index in [1.807, 2.05) is 48.5 Å². The molecule has 3 N–H and O–H groups in total. The first-order valence-corrected chi connectivity index (χ1v) is 14.5. The Hall–Kier alpha value is -3.93. The molecule has 2 fully saturated rings. The van der Waals surface area contributed by atoms with E-state index in [9.17, 15) is 24.6 Å². The van der Waals surface area contributed by atoms with Crippen LogP contribution in [-0.2, 0) is 27.4 Å². The normalized spacial score (nSPS) is 25.4. The second-order valence-corrected chi connectivity index (χ2v) is 11.4. The first-order valence-electron chi connectivity index (χ1n) is 14.5. The number of rotatable bonds is 8. The average molecular weight is 587 g/mol. The van der Waals surface area contributed by atoms with Gasteiger partial charge in [-0.3, -0.25) is 9.69 Å². The number of ether oxygens (including phenoxy) is 3. The number of aliphatic hydroxyl groups is 2.